The van der Waals surface area contributed by atoms with E-state index in [1.165, 1.54) is 0 Å². The average molecular weight is 514 g/mol. The predicted octanol–water partition coefficient (Wildman–Crippen LogP) is 5.81. The summed E-state index contributed by atoms with van der Waals surface area (Å²) in [6.45, 7) is 6.87. The molecule has 0 aliphatic carbocycles. The number of benzene rings is 3. The zero-order valence-electron chi connectivity index (χ0n) is 22.1. The van der Waals surface area contributed by atoms with Crippen molar-refractivity contribution in [3.63, 3.8) is 0 Å². The molecular weight excluding hydrogens is 477 g/mol. The summed E-state index contributed by atoms with van der Waals surface area (Å²) in [5.41, 5.74) is 3.93. The zero-order valence-corrected chi connectivity index (χ0v) is 22.1. The monoisotopic (exact) mass is 513 g/mol. The first-order valence-corrected chi connectivity index (χ1v) is 13.5. The number of carbonyl (C=O) groups is 1. The molecule has 0 atom stereocenters. The number of fused-ring (bicyclic) bond motifs is 1. The van der Waals surface area contributed by atoms with E-state index in [1.54, 1.807) is 19.2 Å². The summed E-state index contributed by atoms with van der Waals surface area (Å²) in [7, 11) is 1.69. The molecule has 1 aliphatic rings. The summed E-state index contributed by atoms with van der Waals surface area (Å²) in [6, 6.07) is 22.7. The third kappa shape index (κ3) is 6.32. The fraction of sp³-hybridized carbons (Fsp3) is 0.344. The maximum absolute atomic E-state index is 13.3. The van der Waals surface area contributed by atoms with Crippen LogP contribution in [0.15, 0.2) is 79.0 Å². The van der Waals surface area contributed by atoms with Crippen molar-refractivity contribution >= 4 is 16.7 Å². The van der Waals surface area contributed by atoms with Gasteiger partial charge in [0.2, 0.25) is 0 Å². The van der Waals surface area contributed by atoms with Crippen LogP contribution in [0, 0.1) is 5.82 Å². The van der Waals surface area contributed by atoms with Gasteiger partial charge >= 0.3 is 0 Å². The Bertz CT molecular complexity index is 1350. The maximum Gasteiger partial charge on any atom is 0.169 e. The van der Waals surface area contributed by atoms with E-state index in [2.05, 4.69) is 14.4 Å². The highest BCUT2D eigenvalue weighted by molar-refractivity contribution is 6.10. The van der Waals surface area contributed by atoms with Gasteiger partial charge in [0, 0.05) is 49.7 Å². The van der Waals surface area contributed by atoms with E-state index >= 15 is 0 Å². The standard InChI is InChI=1S/C32H36FN3O2/c1-38-31-11-5-10-28-29(30(37)22-25-8-3-2-4-9-25)24-36(32(28)31)19-7-17-34-16-6-18-35(21-20-34)23-26-12-14-27(33)15-13-26/h2-5,8-15,24H,6-7,16-23H2,1H3. The average Bonchev–Trinajstić information content (AvgIpc) is 3.17. The Hall–Kier alpha value is -3.48. The van der Waals surface area contributed by atoms with Crippen LogP contribution in [0.1, 0.15) is 34.3 Å². The summed E-state index contributed by atoms with van der Waals surface area (Å²) in [5, 5.41) is 0.955. The lowest BCUT2D eigenvalue weighted by molar-refractivity contribution is 0.0994. The molecule has 1 aliphatic heterocycles. The van der Waals surface area contributed by atoms with Crippen LogP contribution < -0.4 is 4.74 Å². The Morgan fingerprint density at radius 3 is 2.39 bits per heavy atom. The van der Waals surface area contributed by atoms with E-state index in [-0.39, 0.29) is 11.6 Å². The van der Waals surface area contributed by atoms with Gasteiger partial charge in [0.25, 0.3) is 0 Å². The lowest BCUT2D eigenvalue weighted by Gasteiger charge is -2.22. The van der Waals surface area contributed by atoms with Gasteiger partial charge in [-0.15, -0.1) is 0 Å². The Labute approximate surface area is 224 Å². The third-order valence-corrected chi connectivity index (χ3v) is 7.46. The van der Waals surface area contributed by atoms with Crippen molar-refractivity contribution < 1.29 is 13.9 Å². The van der Waals surface area contributed by atoms with Crippen LogP contribution in [0.2, 0.25) is 0 Å². The Morgan fingerprint density at radius 2 is 1.61 bits per heavy atom. The normalized spacial score (nSPS) is 15.0. The molecule has 0 saturated carbocycles. The molecule has 0 unspecified atom stereocenters. The fourth-order valence-electron chi connectivity index (χ4n) is 5.48. The van der Waals surface area contributed by atoms with Crippen molar-refractivity contribution in [3.8, 4) is 5.75 Å². The van der Waals surface area contributed by atoms with Crippen LogP contribution in [0.4, 0.5) is 4.39 Å². The second-order valence-electron chi connectivity index (χ2n) is 10.1. The number of rotatable bonds is 10. The summed E-state index contributed by atoms with van der Waals surface area (Å²) < 4.78 is 21.1. The van der Waals surface area contributed by atoms with Gasteiger partial charge in [-0.1, -0.05) is 54.6 Å². The largest absolute Gasteiger partial charge is 0.495 e. The smallest absolute Gasteiger partial charge is 0.169 e. The van der Waals surface area contributed by atoms with E-state index < -0.39 is 0 Å². The topological polar surface area (TPSA) is 37.7 Å². The molecule has 0 N–H and O–H groups in total. The van der Waals surface area contributed by atoms with Gasteiger partial charge in [0.1, 0.15) is 11.6 Å². The third-order valence-electron chi connectivity index (χ3n) is 7.46. The number of Topliss-reactive ketones (excluding diaryl/α,β-unsaturated/α-hetero) is 1. The molecule has 5 nitrogen and oxygen atoms in total. The molecule has 5 rings (SSSR count). The second kappa shape index (κ2) is 12.4. The number of ketones is 1. The molecule has 1 fully saturated rings. The second-order valence-corrected chi connectivity index (χ2v) is 10.1. The van der Waals surface area contributed by atoms with Crippen LogP contribution in [-0.2, 0) is 19.5 Å². The van der Waals surface area contributed by atoms with Crippen LogP contribution in [0.5, 0.6) is 5.75 Å². The molecule has 0 amide bonds. The summed E-state index contributed by atoms with van der Waals surface area (Å²) in [4.78, 5) is 18.3. The quantitative estimate of drug-likeness (QED) is 0.251. The number of hydrogen-bond acceptors (Lipinski definition) is 4. The van der Waals surface area contributed by atoms with Gasteiger partial charge in [-0.25, -0.2) is 4.39 Å². The minimum atomic E-state index is -0.184. The molecule has 2 heterocycles. The summed E-state index contributed by atoms with van der Waals surface area (Å²) in [6.07, 6.45) is 4.52. The number of aryl methyl sites for hydroxylation is 1. The minimum absolute atomic E-state index is 0.127. The molecular formula is C32H36FN3O2. The van der Waals surface area contributed by atoms with Gasteiger partial charge in [-0.05, 0) is 61.8 Å². The van der Waals surface area contributed by atoms with E-state index in [9.17, 15) is 9.18 Å². The van der Waals surface area contributed by atoms with Gasteiger partial charge in [0.05, 0.1) is 12.6 Å². The predicted molar refractivity (Wildman–Crippen MR) is 150 cm³/mol. The van der Waals surface area contributed by atoms with Crippen LogP contribution in [0.3, 0.4) is 0 Å². The SMILES string of the molecule is COc1cccc2c(C(=O)Cc3ccccc3)cn(CCCN3CCCN(Cc4ccc(F)cc4)CC3)c12. The van der Waals surface area contributed by atoms with E-state index in [0.29, 0.717) is 6.42 Å². The number of halogens is 1. The summed E-state index contributed by atoms with van der Waals surface area (Å²) >= 11 is 0. The Kier molecular flexibility index (Phi) is 8.51. The highest BCUT2D eigenvalue weighted by Crippen LogP contribution is 2.31. The number of hydrogen-bond donors (Lipinski definition) is 0. The van der Waals surface area contributed by atoms with E-state index in [4.69, 9.17) is 4.74 Å². The highest BCUT2D eigenvalue weighted by atomic mass is 19.1. The summed E-state index contributed by atoms with van der Waals surface area (Å²) in [5.74, 6) is 0.742. The number of aromatic nitrogens is 1. The van der Waals surface area contributed by atoms with Crippen molar-refractivity contribution in [3.05, 3.63) is 102 Å². The van der Waals surface area contributed by atoms with Crippen LogP contribution in [0.25, 0.3) is 10.9 Å². The zero-order chi connectivity index (χ0) is 26.3. The molecule has 38 heavy (non-hydrogen) atoms. The van der Waals surface area contributed by atoms with Crippen molar-refractivity contribution in [2.24, 2.45) is 0 Å². The van der Waals surface area contributed by atoms with Crippen LogP contribution >= 0.6 is 0 Å². The van der Waals surface area contributed by atoms with Crippen molar-refractivity contribution in [1.82, 2.24) is 14.4 Å². The van der Waals surface area contributed by atoms with Crippen LogP contribution in [-0.4, -0.2) is 60.0 Å². The van der Waals surface area contributed by atoms with Gasteiger partial charge < -0.3 is 14.2 Å². The molecule has 1 saturated heterocycles. The number of carbonyl (C=O) groups excluding carboxylic acids is 1. The number of nitrogens with zero attached hydrogens (tertiary/aromatic N) is 3. The Balaban J connectivity index is 1.22. The lowest BCUT2D eigenvalue weighted by Crippen LogP contribution is -2.31. The first kappa shape index (κ1) is 26.1. The fourth-order valence-corrected chi connectivity index (χ4v) is 5.48. The van der Waals surface area contributed by atoms with Crippen molar-refractivity contribution in [1.29, 1.82) is 0 Å². The first-order valence-electron chi connectivity index (χ1n) is 13.5. The maximum atomic E-state index is 13.3. The molecule has 6 heteroatoms. The number of para-hydroxylation sites is 1. The van der Waals surface area contributed by atoms with Crippen molar-refractivity contribution in [2.75, 3.05) is 39.8 Å². The molecule has 0 radical (unpaired) electrons. The molecule has 0 bridgehead atoms. The first-order chi connectivity index (χ1) is 18.6. The molecule has 3 aromatic carbocycles. The Morgan fingerprint density at radius 1 is 0.842 bits per heavy atom. The highest BCUT2D eigenvalue weighted by Gasteiger charge is 2.19. The van der Waals surface area contributed by atoms with Gasteiger partial charge in [-0.2, -0.15) is 0 Å². The number of methoxy groups -OCH3 is 1. The molecule has 0 spiro atoms. The lowest BCUT2D eigenvalue weighted by atomic mass is 10.0. The number of ether oxygens (including phenoxy) is 1. The van der Waals surface area contributed by atoms with E-state index in [0.717, 1.165) is 92.0 Å². The minimum Gasteiger partial charge on any atom is -0.495 e. The van der Waals surface area contributed by atoms with E-state index in [1.807, 2.05) is 66.9 Å². The molecule has 1 aromatic heterocycles. The molecule has 4 aromatic rings. The molecule has 198 valence electrons. The van der Waals surface area contributed by atoms with Crippen molar-refractivity contribution in [2.45, 2.75) is 32.4 Å². The van der Waals surface area contributed by atoms with Gasteiger partial charge in [-0.3, -0.25) is 9.69 Å². The van der Waals surface area contributed by atoms with Gasteiger partial charge in [0.15, 0.2) is 5.78 Å².